The highest BCUT2D eigenvalue weighted by molar-refractivity contribution is 5.98. The zero-order valence-corrected chi connectivity index (χ0v) is 9.72. The summed E-state index contributed by atoms with van der Waals surface area (Å²) in [6.45, 7) is 9.17. The van der Waals surface area contributed by atoms with E-state index in [2.05, 4.69) is 0 Å². The summed E-state index contributed by atoms with van der Waals surface area (Å²) < 4.78 is 4.90. The van der Waals surface area contributed by atoms with E-state index in [4.69, 9.17) is 4.74 Å². The lowest BCUT2D eigenvalue weighted by Gasteiger charge is -2.20. The van der Waals surface area contributed by atoms with Crippen LogP contribution in [0.3, 0.4) is 0 Å². The molecule has 0 atom stereocenters. The molecule has 14 heavy (non-hydrogen) atoms. The quantitative estimate of drug-likeness (QED) is 0.505. The van der Waals surface area contributed by atoms with Gasteiger partial charge in [-0.05, 0) is 20.3 Å². The number of rotatable bonds is 5. The Bertz CT molecular complexity index is 217. The summed E-state index contributed by atoms with van der Waals surface area (Å²) in [6, 6.07) is 0. The number of hydrogen-bond donors (Lipinski definition) is 0. The first-order chi connectivity index (χ1) is 6.29. The van der Waals surface area contributed by atoms with E-state index in [-0.39, 0.29) is 18.3 Å². The zero-order valence-electron chi connectivity index (χ0n) is 9.72. The van der Waals surface area contributed by atoms with Crippen molar-refractivity contribution in [2.24, 2.45) is 5.41 Å². The van der Waals surface area contributed by atoms with Gasteiger partial charge in [-0.3, -0.25) is 9.59 Å². The van der Waals surface area contributed by atoms with Crippen LogP contribution in [-0.2, 0) is 14.3 Å². The first kappa shape index (κ1) is 13.1. The molecule has 0 radical (unpaired) electrons. The minimum absolute atomic E-state index is 0.0503. The van der Waals surface area contributed by atoms with Gasteiger partial charge in [0.05, 0.1) is 6.10 Å². The van der Waals surface area contributed by atoms with E-state index in [0.29, 0.717) is 0 Å². The van der Waals surface area contributed by atoms with Crippen LogP contribution in [0.15, 0.2) is 0 Å². The zero-order chi connectivity index (χ0) is 11.4. The van der Waals surface area contributed by atoms with E-state index in [1.54, 1.807) is 13.8 Å². The van der Waals surface area contributed by atoms with Gasteiger partial charge in [-0.15, -0.1) is 0 Å². The Hall–Kier alpha value is -0.860. The number of esters is 1. The van der Waals surface area contributed by atoms with E-state index in [0.717, 1.165) is 6.42 Å². The van der Waals surface area contributed by atoms with Gasteiger partial charge in [0, 0.05) is 5.41 Å². The Balaban J connectivity index is 4.13. The third-order valence-corrected chi connectivity index (χ3v) is 2.31. The predicted molar refractivity (Wildman–Crippen MR) is 54.9 cm³/mol. The molecule has 0 aromatic carbocycles. The lowest BCUT2D eigenvalue weighted by Crippen LogP contribution is -2.27. The van der Waals surface area contributed by atoms with E-state index < -0.39 is 11.4 Å². The molecule has 3 nitrogen and oxygen atoms in total. The summed E-state index contributed by atoms with van der Waals surface area (Å²) in [5.74, 6) is -0.475. The molecule has 0 aliphatic heterocycles. The SMILES string of the molecule is CCC(C)(C)C(=O)CC(=O)OC(C)C. The van der Waals surface area contributed by atoms with Crippen molar-refractivity contribution in [3.8, 4) is 0 Å². The second kappa shape index (κ2) is 5.13. The molecule has 0 aromatic rings. The van der Waals surface area contributed by atoms with E-state index in [1.807, 2.05) is 20.8 Å². The van der Waals surface area contributed by atoms with Gasteiger partial charge >= 0.3 is 5.97 Å². The van der Waals surface area contributed by atoms with Crippen LogP contribution < -0.4 is 0 Å². The average Bonchev–Trinajstić information content (AvgIpc) is 2.02. The predicted octanol–water partition coefficient (Wildman–Crippen LogP) is 2.33. The molecule has 0 fully saturated rings. The normalized spacial score (nSPS) is 11.6. The van der Waals surface area contributed by atoms with Gasteiger partial charge in [0.25, 0.3) is 0 Å². The lowest BCUT2D eigenvalue weighted by atomic mass is 9.84. The molecule has 0 aliphatic carbocycles. The maximum absolute atomic E-state index is 11.6. The fraction of sp³-hybridized carbons (Fsp3) is 0.818. The third-order valence-electron chi connectivity index (χ3n) is 2.31. The number of carbonyl (C=O) groups is 2. The molecule has 0 spiro atoms. The van der Waals surface area contributed by atoms with Gasteiger partial charge in [0.2, 0.25) is 0 Å². The topological polar surface area (TPSA) is 43.4 Å². The first-order valence-corrected chi connectivity index (χ1v) is 5.02. The average molecular weight is 200 g/mol. The van der Waals surface area contributed by atoms with Crippen LogP contribution in [0.25, 0.3) is 0 Å². The maximum atomic E-state index is 11.6. The summed E-state index contributed by atoms with van der Waals surface area (Å²) in [4.78, 5) is 22.8. The van der Waals surface area contributed by atoms with Gasteiger partial charge in [-0.25, -0.2) is 0 Å². The molecule has 0 unspecified atom stereocenters. The van der Waals surface area contributed by atoms with Crippen molar-refractivity contribution in [1.82, 2.24) is 0 Å². The summed E-state index contributed by atoms with van der Waals surface area (Å²) in [5, 5.41) is 0. The smallest absolute Gasteiger partial charge is 0.313 e. The number of Topliss-reactive ketones (excluding diaryl/α,β-unsaturated/α-hetero) is 1. The first-order valence-electron chi connectivity index (χ1n) is 5.02. The molecule has 0 saturated carbocycles. The van der Waals surface area contributed by atoms with Crippen molar-refractivity contribution in [2.75, 3.05) is 0 Å². The van der Waals surface area contributed by atoms with E-state index in [1.165, 1.54) is 0 Å². The maximum Gasteiger partial charge on any atom is 0.313 e. The minimum Gasteiger partial charge on any atom is -0.463 e. The van der Waals surface area contributed by atoms with Crippen LogP contribution in [-0.4, -0.2) is 17.9 Å². The molecule has 0 aliphatic rings. The van der Waals surface area contributed by atoms with E-state index in [9.17, 15) is 9.59 Å². The largest absolute Gasteiger partial charge is 0.463 e. The summed E-state index contributed by atoms with van der Waals surface area (Å²) in [7, 11) is 0. The van der Waals surface area contributed by atoms with Crippen molar-refractivity contribution in [1.29, 1.82) is 0 Å². The van der Waals surface area contributed by atoms with Crippen LogP contribution in [0.4, 0.5) is 0 Å². The Morgan fingerprint density at radius 3 is 2.14 bits per heavy atom. The van der Waals surface area contributed by atoms with Gasteiger partial charge in [0.1, 0.15) is 12.2 Å². The van der Waals surface area contributed by atoms with Crippen LogP contribution in [0.1, 0.15) is 47.5 Å². The second-order valence-corrected chi connectivity index (χ2v) is 4.38. The lowest BCUT2D eigenvalue weighted by molar-refractivity contribution is -0.151. The molecule has 82 valence electrons. The third kappa shape index (κ3) is 4.40. The van der Waals surface area contributed by atoms with Crippen LogP contribution in [0.2, 0.25) is 0 Å². The number of carbonyl (C=O) groups excluding carboxylic acids is 2. The van der Waals surface area contributed by atoms with Crippen LogP contribution >= 0.6 is 0 Å². The van der Waals surface area contributed by atoms with E-state index >= 15 is 0 Å². The number of hydrogen-bond acceptors (Lipinski definition) is 3. The summed E-state index contributed by atoms with van der Waals surface area (Å²) in [6.07, 6.45) is 0.472. The molecular formula is C11H20O3. The van der Waals surface area contributed by atoms with Gasteiger partial charge in [-0.2, -0.15) is 0 Å². The molecule has 0 saturated heterocycles. The van der Waals surface area contributed by atoms with Gasteiger partial charge < -0.3 is 4.74 Å². The Kier molecular flexibility index (Phi) is 4.81. The van der Waals surface area contributed by atoms with Crippen molar-refractivity contribution < 1.29 is 14.3 Å². The number of ketones is 1. The molecule has 3 heteroatoms. The van der Waals surface area contributed by atoms with Crippen LogP contribution in [0.5, 0.6) is 0 Å². The fourth-order valence-electron chi connectivity index (χ4n) is 0.872. The van der Waals surface area contributed by atoms with Crippen molar-refractivity contribution in [3.63, 3.8) is 0 Å². The van der Waals surface area contributed by atoms with Gasteiger partial charge in [-0.1, -0.05) is 20.8 Å². The fourth-order valence-corrected chi connectivity index (χ4v) is 0.872. The number of ether oxygens (including phenoxy) is 1. The molecule has 0 amide bonds. The highest BCUT2D eigenvalue weighted by Crippen LogP contribution is 2.22. The summed E-state index contributed by atoms with van der Waals surface area (Å²) >= 11 is 0. The molecular weight excluding hydrogens is 180 g/mol. The highest BCUT2D eigenvalue weighted by Gasteiger charge is 2.27. The Labute approximate surface area is 85.8 Å². The molecule has 0 rings (SSSR count). The van der Waals surface area contributed by atoms with Crippen molar-refractivity contribution in [2.45, 2.75) is 53.6 Å². The standard InChI is InChI=1S/C11H20O3/c1-6-11(4,5)9(12)7-10(13)14-8(2)3/h8H,6-7H2,1-5H3. The molecule has 0 N–H and O–H groups in total. The molecule has 0 bridgehead atoms. The Morgan fingerprint density at radius 2 is 1.79 bits per heavy atom. The van der Waals surface area contributed by atoms with Crippen LogP contribution in [0, 0.1) is 5.41 Å². The molecule has 0 heterocycles. The van der Waals surface area contributed by atoms with Gasteiger partial charge in [0.15, 0.2) is 0 Å². The monoisotopic (exact) mass is 200 g/mol. The van der Waals surface area contributed by atoms with Crippen molar-refractivity contribution >= 4 is 11.8 Å². The summed E-state index contributed by atoms with van der Waals surface area (Å²) in [5.41, 5.74) is -0.421. The molecule has 0 aromatic heterocycles. The van der Waals surface area contributed by atoms with Crippen molar-refractivity contribution in [3.05, 3.63) is 0 Å². The Morgan fingerprint density at radius 1 is 1.29 bits per heavy atom. The minimum atomic E-state index is -0.425. The second-order valence-electron chi connectivity index (χ2n) is 4.38. The highest BCUT2D eigenvalue weighted by atomic mass is 16.5.